The van der Waals surface area contributed by atoms with Crippen LogP contribution in [0.2, 0.25) is 0 Å². The topological polar surface area (TPSA) is 118 Å². The Morgan fingerprint density at radius 3 is 2.72 bits per heavy atom. The summed E-state index contributed by atoms with van der Waals surface area (Å²) in [6.07, 6.45) is 14.7. The Labute approximate surface area is 257 Å². The first-order valence-electron chi connectivity index (χ1n) is 16.8. The van der Waals surface area contributed by atoms with Crippen molar-refractivity contribution in [2.45, 2.75) is 135 Å². The number of aliphatic hydroxyl groups is 2. The number of nitrogens with one attached hydrogen (secondary N) is 1. The standard InChI is InChI=1S/C35H53N3O5/c1-6-9-31-37-32(43-38-31)35(18-19-35)30(42-33(41)36-7-2)16-11-22(3)27-14-15-28-24(10-8-17-34(27,28)5)12-13-25-20-26(39)21-29(40)23(25)4/h12-13,22,26-30,39-40H,4,6-11,14-21H2,1-3,5H3,(H,36,41)/t22-,26-,27-,28+,29+,30-,34-/m1/s1. The molecule has 0 aliphatic heterocycles. The average Bonchev–Trinajstić information content (AvgIpc) is 3.49. The van der Waals surface area contributed by atoms with Crippen LogP contribution in [0.3, 0.4) is 0 Å². The third-order valence-corrected chi connectivity index (χ3v) is 11.2. The van der Waals surface area contributed by atoms with Gasteiger partial charge in [-0.05, 0) is 112 Å². The molecule has 1 aromatic rings. The van der Waals surface area contributed by atoms with Crippen molar-refractivity contribution in [1.29, 1.82) is 0 Å². The van der Waals surface area contributed by atoms with E-state index in [0.717, 1.165) is 61.9 Å². The van der Waals surface area contributed by atoms with Gasteiger partial charge in [0.15, 0.2) is 5.82 Å². The van der Waals surface area contributed by atoms with Gasteiger partial charge < -0.3 is 24.8 Å². The van der Waals surface area contributed by atoms with Crippen LogP contribution >= 0.6 is 0 Å². The SMILES string of the molecule is C=C1C(=CC=C2CCC[C@]3(C)[C@@H]([C@H](C)CC[C@@H](OC(=O)NCC)C4(c5nc(CCC)no5)CC4)CC[C@@H]23)C[C@@H](O)C[C@@H]1O. The molecule has 0 unspecified atom stereocenters. The van der Waals surface area contributed by atoms with Crippen LogP contribution in [0.4, 0.5) is 4.79 Å². The Morgan fingerprint density at radius 1 is 1.21 bits per heavy atom. The van der Waals surface area contributed by atoms with Crippen molar-refractivity contribution in [3.05, 3.63) is 47.2 Å². The maximum absolute atomic E-state index is 12.6. The minimum Gasteiger partial charge on any atom is -0.445 e. The van der Waals surface area contributed by atoms with Gasteiger partial charge in [0.05, 0.1) is 17.6 Å². The maximum Gasteiger partial charge on any atom is 0.407 e. The Morgan fingerprint density at radius 2 is 2.00 bits per heavy atom. The van der Waals surface area contributed by atoms with Gasteiger partial charge in [-0.1, -0.05) is 50.2 Å². The first-order chi connectivity index (χ1) is 20.6. The third kappa shape index (κ3) is 6.65. The summed E-state index contributed by atoms with van der Waals surface area (Å²) in [6, 6.07) is 0. The van der Waals surface area contributed by atoms with Crippen LogP contribution in [0, 0.1) is 23.2 Å². The van der Waals surface area contributed by atoms with Gasteiger partial charge in [-0.25, -0.2) is 4.79 Å². The summed E-state index contributed by atoms with van der Waals surface area (Å²) in [6.45, 7) is 13.5. The number of hydrogen-bond donors (Lipinski definition) is 3. The monoisotopic (exact) mass is 595 g/mol. The van der Waals surface area contributed by atoms with E-state index in [2.05, 4.69) is 50.0 Å². The van der Waals surface area contributed by atoms with Crippen molar-refractivity contribution in [3.63, 3.8) is 0 Å². The maximum atomic E-state index is 12.6. The number of amides is 1. The molecular weight excluding hydrogens is 542 g/mol. The van der Waals surface area contributed by atoms with Crippen LogP contribution in [0.15, 0.2) is 40.0 Å². The highest BCUT2D eigenvalue weighted by atomic mass is 16.6. The highest BCUT2D eigenvalue weighted by Gasteiger charge is 2.58. The highest BCUT2D eigenvalue weighted by Crippen LogP contribution is 2.60. The van der Waals surface area contributed by atoms with Crippen molar-refractivity contribution in [2.24, 2.45) is 23.2 Å². The predicted octanol–water partition coefficient (Wildman–Crippen LogP) is 6.73. The largest absolute Gasteiger partial charge is 0.445 e. The molecule has 4 aliphatic rings. The summed E-state index contributed by atoms with van der Waals surface area (Å²) in [4.78, 5) is 17.3. The molecule has 3 N–H and O–H groups in total. The van der Waals surface area contributed by atoms with E-state index in [9.17, 15) is 15.0 Å². The second-order valence-corrected chi connectivity index (χ2v) is 14.1. The normalized spacial score (nSPS) is 33.3. The molecule has 8 nitrogen and oxygen atoms in total. The molecule has 4 aliphatic carbocycles. The van der Waals surface area contributed by atoms with Gasteiger partial charge in [0.25, 0.3) is 0 Å². The second-order valence-electron chi connectivity index (χ2n) is 14.1. The van der Waals surface area contributed by atoms with Crippen LogP contribution in [-0.4, -0.2) is 51.3 Å². The molecule has 238 valence electrons. The Balaban J connectivity index is 1.28. The lowest BCUT2D eigenvalue weighted by molar-refractivity contribution is 0.0460. The van der Waals surface area contributed by atoms with Crippen LogP contribution in [0.25, 0.3) is 0 Å². The van der Waals surface area contributed by atoms with E-state index in [0.29, 0.717) is 43.0 Å². The summed E-state index contributed by atoms with van der Waals surface area (Å²) < 4.78 is 11.8. The summed E-state index contributed by atoms with van der Waals surface area (Å²) in [5, 5.41) is 27.5. The zero-order valence-corrected chi connectivity index (χ0v) is 26.7. The van der Waals surface area contributed by atoms with E-state index >= 15 is 0 Å². The van der Waals surface area contributed by atoms with E-state index in [1.54, 1.807) is 0 Å². The quantitative estimate of drug-likeness (QED) is 0.260. The molecule has 0 spiro atoms. The molecule has 43 heavy (non-hydrogen) atoms. The second kappa shape index (κ2) is 13.3. The molecule has 5 rings (SSSR count). The first kappa shape index (κ1) is 32.0. The lowest BCUT2D eigenvalue weighted by Gasteiger charge is -2.44. The van der Waals surface area contributed by atoms with E-state index < -0.39 is 12.2 Å². The van der Waals surface area contributed by atoms with Crippen LogP contribution < -0.4 is 5.32 Å². The highest BCUT2D eigenvalue weighted by molar-refractivity contribution is 5.67. The summed E-state index contributed by atoms with van der Waals surface area (Å²) in [5.74, 6) is 3.00. The minimum absolute atomic E-state index is 0.235. The molecular formula is C35H53N3O5. The molecule has 0 aromatic carbocycles. The molecule has 0 bridgehead atoms. The fourth-order valence-corrected chi connectivity index (χ4v) is 8.65. The lowest BCUT2D eigenvalue weighted by Crippen LogP contribution is -2.38. The number of carbonyl (C=O) groups is 1. The summed E-state index contributed by atoms with van der Waals surface area (Å²) >= 11 is 0. The van der Waals surface area contributed by atoms with Crippen molar-refractivity contribution >= 4 is 6.09 Å². The van der Waals surface area contributed by atoms with Gasteiger partial charge >= 0.3 is 6.09 Å². The van der Waals surface area contributed by atoms with Gasteiger partial charge in [0.1, 0.15) is 6.10 Å². The van der Waals surface area contributed by atoms with Crippen LogP contribution in [-0.2, 0) is 16.6 Å². The smallest absolute Gasteiger partial charge is 0.407 e. The molecule has 1 amide bonds. The number of ether oxygens (including phenoxy) is 1. The third-order valence-electron chi connectivity index (χ3n) is 11.2. The summed E-state index contributed by atoms with van der Waals surface area (Å²) in [7, 11) is 0. The number of rotatable bonds is 11. The Kier molecular flexibility index (Phi) is 9.86. The van der Waals surface area contributed by atoms with E-state index in [1.807, 2.05) is 6.92 Å². The summed E-state index contributed by atoms with van der Waals surface area (Å²) in [5.41, 5.74) is 3.10. The number of aryl methyl sites for hydroxylation is 1. The zero-order valence-electron chi connectivity index (χ0n) is 26.7. The van der Waals surface area contributed by atoms with Gasteiger partial charge in [0, 0.05) is 19.4 Å². The number of aliphatic hydroxyl groups excluding tert-OH is 2. The van der Waals surface area contributed by atoms with Crippen molar-refractivity contribution in [2.75, 3.05) is 6.54 Å². The fourth-order valence-electron chi connectivity index (χ4n) is 8.65. The first-order valence-corrected chi connectivity index (χ1v) is 16.8. The fraction of sp³-hybridized carbons (Fsp3) is 0.743. The van der Waals surface area contributed by atoms with Gasteiger partial charge in [-0.15, -0.1) is 0 Å². The molecule has 1 heterocycles. The molecule has 0 saturated heterocycles. The number of allylic oxidation sites excluding steroid dienone is 3. The average molecular weight is 596 g/mol. The number of carbonyl (C=O) groups excluding carboxylic acids is 1. The molecule has 4 fully saturated rings. The Bertz CT molecular complexity index is 1220. The number of aromatic nitrogens is 2. The number of nitrogens with zero attached hydrogens (tertiary/aromatic N) is 2. The van der Waals surface area contributed by atoms with E-state index in [4.69, 9.17) is 14.2 Å². The van der Waals surface area contributed by atoms with Crippen molar-refractivity contribution in [3.8, 4) is 0 Å². The molecule has 4 saturated carbocycles. The molecule has 0 radical (unpaired) electrons. The number of alkyl carbamates (subject to hydrolysis) is 1. The number of hydrogen-bond acceptors (Lipinski definition) is 7. The minimum atomic E-state index is -0.657. The zero-order chi connectivity index (χ0) is 30.8. The number of fused-ring (bicyclic) bond motifs is 1. The lowest BCUT2D eigenvalue weighted by atomic mass is 9.60. The van der Waals surface area contributed by atoms with Gasteiger partial charge in [0.2, 0.25) is 5.89 Å². The van der Waals surface area contributed by atoms with E-state index in [1.165, 1.54) is 31.3 Å². The molecule has 7 atom stereocenters. The van der Waals surface area contributed by atoms with Crippen molar-refractivity contribution in [1.82, 2.24) is 15.5 Å². The molecule has 8 heteroatoms. The van der Waals surface area contributed by atoms with E-state index in [-0.39, 0.29) is 23.0 Å². The van der Waals surface area contributed by atoms with Crippen molar-refractivity contribution < 1.29 is 24.3 Å². The van der Waals surface area contributed by atoms with Gasteiger partial charge in [-0.3, -0.25) is 0 Å². The predicted molar refractivity (Wildman–Crippen MR) is 166 cm³/mol. The Hall–Kier alpha value is -2.45. The molecule has 1 aromatic heterocycles. The van der Waals surface area contributed by atoms with Gasteiger partial charge in [-0.2, -0.15) is 4.98 Å². The van der Waals surface area contributed by atoms with Crippen LogP contribution in [0.1, 0.15) is 116 Å². The van der Waals surface area contributed by atoms with Crippen LogP contribution in [0.5, 0.6) is 0 Å².